The highest BCUT2D eigenvalue weighted by molar-refractivity contribution is 6.07. The molecule has 0 radical (unpaired) electrons. The second kappa shape index (κ2) is 11.6. The van der Waals surface area contributed by atoms with Crippen LogP contribution in [0.2, 0.25) is 0 Å². The van der Waals surface area contributed by atoms with Gasteiger partial charge in [0, 0.05) is 41.5 Å². The highest BCUT2D eigenvalue weighted by Crippen LogP contribution is 2.38. The van der Waals surface area contributed by atoms with Gasteiger partial charge in [0.15, 0.2) is 0 Å². The fourth-order valence-corrected chi connectivity index (χ4v) is 5.43. The van der Waals surface area contributed by atoms with Gasteiger partial charge < -0.3 is 25.8 Å². The first kappa shape index (κ1) is 27.5. The molecule has 1 aliphatic heterocycles. The number of carbonyl (C=O) groups is 2. The number of rotatable bonds is 9. The Labute approximate surface area is 238 Å². The molecule has 0 aliphatic carbocycles. The van der Waals surface area contributed by atoms with Crippen molar-refractivity contribution in [1.82, 2.24) is 0 Å². The molecule has 4 aromatic carbocycles. The number of nitrogen functional groups attached to an aromatic ring is 1. The van der Waals surface area contributed by atoms with Gasteiger partial charge in [0.25, 0.3) is 5.91 Å². The van der Waals surface area contributed by atoms with Crippen molar-refractivity contribution in [3.63, 3.8) is 0 Å². The number of anilines is 2. The van der Waals surface area contributed by atoms with Crippen LogP contribution in [0.5, 0.6) is 5.75 Å². The molecule has 208 valence electrons. The van der Waals surface area contributed by atoms with Gasteiger partial charge in [0.1, 0.15) is 11.6 Å². The van der Waals surface area contributed by atoms with E-state index in [1.807, 2.05) is 67.6 Å². The minimum absolute atomic E-state index is 0.00484. The summed E-state index contributed by atoms with van der Waals surface area (Å²) in [5, 5.41) is 21.4. The first-order valence-electron chi connectivity index (χ1n) is 13.4. The summed E-state index contributed by atoms with van der Waals surface area (Å²) >= 11 is 0. The minimum atomic E-state index is -1.08. The van der Waals surface area contributed by atoms with Gasteiger partial charge in [-0.25, -0.2) is 4.79 Å². The predicted molar refractivity (Wildman–Crippen MR) is 162 cm³/mol. The number of carboxylic acids is 1. The van der Waals surface area contributed by atoms with Crippen LogP contribution in [0.15, 0.2) is 84.9 Å². The number of nitrogens with one attached hydrogen (secondary N) is 2. The van der Waals surface area contributed by atoms with Gasteiger partial charge in [-0.1, -0.05) is 24.3 Å². The summed E-state index contributed by atoms with van der Waals surface area (Å²) in [6, 6.07) is 25.7. The maximum atomic E-state index is 13.7. The number of ether oxygens (including phenoxy) is 1. The molecule has 8 heteroatoms. The van der Waals surface area contributed by atoms with Crippen molar-refractivity contribution in [2.75, 3.05) is 30.4 Å². The predicted octanol–water partition coefficient (Wildman–Crippen LogP) is 5.76. The standard InChI is InChI=1S/C33H32N4O4/c1-3-37(24-7-5-4-6-8-24)32(38)22-10-9-20(15-23-19-36-30-14-11-21(31(34)35)16-28(23)30)27(17-22)26-13-12-25(41-2)18-29(26)33(39)40/h4-14,16-18,23,36H,3,15,19H2,1-2H3,(H3,34,35)(H,39,40). The Morgan fingerprint density at radius 2 is 1.76 bits per heavy atom. The molecular weight excluding hydrogens is 516 g/mol. The van der Waals surface area contributed by atoms with E-state index in [0.717, 1.165) is 22.5 Å². The van der Waals surface area contributed by atoms with Crippen molar-refractivity contribution in [2.24, 2.45) is 5.73 Å². The number of benzene rings is 4. The van der Waals surface area contributed by atoms with Crippen LogP contribution in [0, 0.1) is 5.41 Å². The van der Waals surface area contributed by atoms with E-state index in [-0.39, 0.29) is 23.2 Å². The van der Waals surface area contributed by atoms with E-state index >= 15 is 0 Å². The smallest absolute Gasteiger partial charge is 0.336 e. The van der Waals surface area contributed by atoms with Crippen LogP contribution in [-0.2, 0) is 6.42 Å². The van der Waals surface area contributed by atoms with Crippen LogP contribution >= 0.6 is 0 Å². The molecule has 41 heavy (non-hydrogen) atoms. The van der Waals surface area contributed by atoms with E-state index in [2.05, 4.69) is 5.32 Å². The molecule has 5 N–H and O–H groups in total. The number of methoxy groups -OCH3 is 1. The molecule has 1 aliphatic rings. The number of amidine groups is 1. The second-order valence-electron chi connectivity index (χ2n) is 9.97. The van der Waals surface area contributed by atoms with E-state index < -0.39 is 5.97 Å². The number of carbonyl (C=O) groups excluding carboxylic acids is 1. The van der Waals surface area contributed by atoms with E-state index in [0.29, 0.717) is 47.5 Å². The first-order chi connectivity index (χ1) is 19.8. The SMILES string of the molecule is CCN(C(=O)c1ccc(CC2CNc3ccc(C(=N)N)cc32)c(-c2ccc(OC)cc2C(=O)O)c1)c1ccccc1. The zero-order valence-electron chi connectivity index (χ0n) is 23.0. The van der Waals surface area contributed by atoms with Crippen LogP contribution in [0.25, 0.3) is 11.1 Å². The Hall–Kier alpha value is -5.11. The number of hydrogen-bond acceptors (Lipinski definition) is 5. The van der Waals surface area contributed by atoms with Gasteiger partial charge in [0.05, 0.1) is 12.7 Å². The number of amides is 1. The maximum absolute atomic E-state index is 13.7. The molecular formula is C33H32N4O4. The van der Waals surface area contributed by atoms with Crippen LogP contribution in [0.3, 0.4) is 0 Å². The largest absolute Gasteiger partial charge is 0.497 e. The van der Waals surface area contributed by atoms with Crippen molar-refractivity contribution in [3.05, 3.63) is 113 Å². The summed E-state index contributed by atoms with van der Waals surface area (Å²) in [5.74, 6) is -0.749. The summed E-state index contributed by atoms with van der Waals surface area (Å²) in [6.45, 7) is 3.08. The van der Waals surface area contributed by atoms with Crippen molar-refractivity contribution >= 4 is 29.1 Å². The fraction of sp³-hybridized carbons (Fsp3) is 0.182. The lowest BCUT2D eigenvalue weighted by Crippen LogP contribution is -2.30. The lowest BCUT2D eigenvalue weighted by atomic mass is 9.86. The summed E-state index contributed by atoms with van der Waals surface area (Å²) < 4.78 is 5.30. The summed E-state index contributed by atoms with van der Waals surface area (Å²) in [5.41, 5.74) is 11.9. The molecule has 1 amide bonds. The van der Waals surface area contributed by atoms with E-state index in [4.69, 9.17) is 15.9 Å². The molecule has 0 fully saturated rings. The summed E-state index contributed by atoms with van der Waals surface area (Å²) in [6.07, 6.45) is 0.590. The van der Waals surface area contributed by atoms with E-state index in [9.17, 15) is 14.7 Å². The third-order valence-corrected chi connectivity index (χ3v) is 7.54. The number of aromatic carboxylic acids is 1. The summed E-state index contributed by atoms with van der Waals surface area (Å²) in [7, 11) is 1.49. The lowest BCUT2D eigenvalue weighted by Gasteiger charge is -2.23. The lowest BCUT2D eigenvalue weighted by molar-refractivity contribution is 0.0697. The van der Waals surface area contributed by atoms with Crippen LogP contribution in [-0.4, -0.2) is 43.0 Å². The van der Waals surface area contributed by atoms with Crippen molar-refractivity contribution in [3.8, 4) is 16.9 Å². The molecule has 0 aromatic heterocycles. The Kier molecular flexibility index (Phi) is 7.74. The Morgan fingerprint density at radius 1 is 1.00 bits per heavy atom. The van der Waals surface area contributed by atoms with Crippen LogP contribution in [0.4, 0.5) is 11.4 Å². The number of nitrogens with zero attached hydrogens (tertiary/aromatic N) is 1. The monoisotopic (exact) mass is 548 g/mol. The van der Waals surface area contributed by atoms with Crippen molar-refractivity contribution in [1.29, 1.82) is 5.41 Å². The van der Waals surface area contributed by atoms with Gasteiger partial charge in [-0.2, -0.15) is 0 Å². The molecule has 0 bridgehead atoms. The molecule has 1 unspecified atom stereocenters. The number of hydrogen-bond donors (Lipinski definition) is 4. The van der Waals surface area contributed by atoms with E-state index in [1.165, 1.54) is 13.2 Å². The fourth-order valence-electron chi connectivity index (χ4n) is 5.43. The number of fused-ring (bicyclic) bond motifs is 1. The minimum Gasteiger partial charge on any atom is -0.497 e. The molecule has 5 rings (SSSR count). The Morgan fingerprint density at radius 3 is 2.44 bits per heavy atom. The topological polar surface area (TPSA) is 129 Å². The van der Waals surface area contributed by atoms with Gasteiger partial charge in [-0.15, -0.1) is 0 Å². The van der Waals surface area contributed by atoms with E-state index in [1.54, 1.807) is 23.1 Å². The van der Waals surface area contributed by atoms with Crippen LogP contribution < -0.4 is 20.7 Å². The van der Waals surface area contributed by atoms with Crippen LogP contribution in [0.1, 0.15) is 50.2 Å². The molecule has 8 nitrogen and oxygen atoms in total. The Bertz CT molecular complexity index is 1630. The van der Waals surface area contributed by atoms with Gasteiger partial charge >= 0.3 is 5.97 Å². The van der Waals surface area contributed by atoms with Crippen molar-refractivity contribution < 1.29 is 19.4 Å². The normalized spacial score (nSPS) is 13.7. The second-order valence-corrected chi connectivity index (χ2v) is 9.97. The molecule has 0 saturated heterocycles. The highest BCUT2D eigenvalue weighted by Gasteiger charge is 2.26. The third kappa shape index (κ3) is 5.49. The molecule has 1 atom stereocenters. The zero-order chi connectivity index (χ0) is 29.1. The van der Waals surface area contributed by atoms with Gasteiger partial charge in [-0.3, -0.25) is 10.2 Å². The molecule has 0 saturated carbocycles. The Balaban J connectivity index is 1.61. The number of para-hydroxylation sites is 1. The first-order valence-corrected chi connectivity index (χ1v) is 13.4. The number of carboxylic acid groups (broad SMARTS) is 1. The molecule has 4 aromatic rings. The average Bonchev–Trinajstić information content (AvgIpc) is 3.39. The molecule has 0 spiro atoms. The average molecular weight is 549 g/mol. The number of nitrogens with two attached hydrogens (primary N) is 1. The van der Waals surface area contributed by atoms with Crippen molar-refractivity contribution in [2.45, 2.75) is 19.3 Å². The quantitative estimate of drug-likeness (QED) is 0.155. The van der Waals surface area contributed by atoms with Gasteiger partial charge in [-0.05, 0) is 96.3 Å². The third-order valence-electron chi connectivity index (χ3n) is 7.54. The molecule has 1 heterocycles. The maximum Gasteiger partial charge on any atom is 0.336 e. The van der Waals surface area contributed by atoms with Gasteiger partial charge in [0.2, 0.25) is 0 Å². The zero-order valence-corrected chi connectivity index (χ0v) is 23.0. The summed E-state index contributed by atoms with van der Waals surface area (Å²) in [4.78, 5) is 27.8. The highest BCUT2D eigenvalue weighted by atomic mass is 16.5.